The molecule has 0 saturated carbocycles. The summed E-state index contributed by atoms with van der Waals surface area (Å²) in [5.41, 5.74) is 0.280. The summed E-state index contributed by atoms with van der Waals surface area (Å²) in [6.07, 6.45) is -0.0934. The molecule has 0 bridgehead atoms. The zero-order chi connectivity index (χ0) is 13.8. The molecular weight excluding hydrogens is 244 g/mol. The average molecular weight is 260 g/mol. The van der Waals surface area contributed by atoms with E-state index in [0.29, 0.717) is 17.7 Å². The van der Waals surface area contributed by atoms with Crippen molar-refractivity contribution in [2.45, 2.75) is 13.0 Å². The quantitative estimate of drug-likeness (QED) is 0.898. The normalized spacial score (nSPS) is 12.3. The number of fused-ring (bicyclic) bond motifs is 1. The average Bonchev–Trinajstić information content (AvgIpc) is 2.39. The SMILES string of the molecule is COCC(C)Oc1ccc(C(=O)O)c2ccccc12. The minimum absolute atomic E-state index is 0.0934. The maximum atomic E-state index is 11.2. The topological polar surface area (TPSA) is 55.8 Å². The van der Waals surface area contributed by atoms with Crippen LogP contribution in [0.15, 0.2) is 36.4 Å². The largest absolute Gasteiger partial charge is 0.488 e. The molecule has 0 amide bonds. The van der Waals surface area contributed by atoms with Gasteiger partial charge in [-0.05, 0) is 24.4 Å². The van der Waals surface area contributed by atoms with E-state index in [1.807, 2.05) is 25.1 Å². The Morgan fingerprint density at radius 3 is 2.53 bits per heavy atom. The van der Waals surface area contributed by atoms with Gasteiger partial charge in [0.2, 0.25) is 0 Å². The van der Waals surface area contributed by atoms with Crippen LogP contribution in [0.25, 0.3) is 10.8 Å². The molecule has 100 valence electrons. The van der Waals surface area contributed by atoms with Crippen molar-refractivity contribution in [1.82, 2.24) is 0 Å². The van der Waals surface area contributed by atoms with Gasteiger partial charge in [0.25, 0.3) is 0 Å². The van der Waals surface area contributed by atoms with Gasteiger partial charge in [-0.2, -0.15) is 0 Å². The Kier molecular flexibility index (Phi) is 4.02. The molecular formula is C15H16O4. The molecule has 1 unspecified atom stereocenters. The van der Waals surface area contributed by atoms with Gasteiger partial charge in [0, 0.05) is 12.5 Å². The van der Waals surface area contributed by atoms with Crippen molar-refractivity contribution in [2.75, 3.05) is 13.7 Å². The summed E-state index contributed by atoms with van der Waals surface area (Å²) in [4.78, 5) is 11.2. The van der Waals surface area contributed by atoms with Crippen LogP contribution in [0.1, 0.15) is 17.3 Å². The van der Waals surface area contributed by atoms with Crippen molar-refractivity contribution in [3.63, 3.8) is 0 Å². The molecule has 2 aromatic carbocycles. The van der Waals surface area contributed by atoms with Crippen LogP contribution in [0.5, 0.6) is 5.75 Å². The van der Waals surface area contributed by atoms with E-state index in [2.05, 4.69) is 0 Å². The first-order valence-corrected chi connectivity index (χ1v) is 6.04. The van der Waals surface area contributed by atoms with Gasteiger partial charge < -0.3 is 14.6 Å². The van der Waals surface area contributed by atoms with Crippen LogP contribution in [0.3, 0.4) is 0 Å². The molecule has 0 spiro atoms. The van der Waals surface area contributed by atoms with Crippen LogP contribution in [-0.4, -0.2) is 30.9 Å². The zero-order valence-corrected chi connectivity index (χ0v) is 10.9. The van der Waals surface area contributed by atoms with E-state index in [-0.39, 0.29) is 11.7 Å². The second kappa shape index (κ2) is 5.71. The molecule has 2 aromatic rings. The number of methoxy groups -OCH3 is 1. The summed E-state index contributed by atoms with van der Waals surface area (Å²) in [5, 5.41) is 10.7. The summed E-state index contributed by atoms with van der Waals surface area (Å²) >= 11 is 0. The number of benzene rings is 2. The first-order valence-electron chi connectivity index (χ1n) is 6.04. The van der Waals surface area contributed by atoms with Gasteiger partial charge in [-0.1, -0.05) is 24.3 Å². The molecule has 0 aliphatic heterocycles. The molecule has 0 radical (unpaired) electrons. The van der Waals surface area contributed by atoms with E-state index in [4.69, 9.17) is 9.47 Å². The smallest absolute Gasteiger partial charge is 0.336 e. The van der Waals surface area contributed by atoms with Crippen molar-refractivity contribution in [1.29, 1.82) is 0 Å². The van der Waals surface area contributed by atoms with Crippen LogP contribution in [-0.2, 0) is 4.74 Å². The van der Waals surface area contributed by atoms with Crippen LogP contribution in [0, 0.1) is 0 Å². The Balaban J connectivity index is 2.46. The lowest BCUT2D eigenvalue weighted by Crippen LogP contribution is -2.18. The minimum atomic E-state index is -0.937. The third kappa shape index (κ3) is 2.85. The van der Waals surface area contributed by atoms with Gasteiger partial charge in [-0.3, -0.25) is 0 Å². The number of carboxylic acids is 1. The second-order valence-corrected chi connectivity index (χ2v) is 4.35. The molecule has 0 heterocycles. The molecule has 0 fully saturated rings. The Labute approximate surface area is 111 Å². The highest BCUT2D eigenvalue weighted by Crippen LogP contribution is 2.29. The van der Waals surface area contributed by atoms with Gasteiger partial charge in [-0.25, -0.2) is 4.79 Å². The number of hydrogen-bond acceptors (Lipinski definition) is 3. The molecule has 1 N–H and O–H groups in total. The molecule has 0 saturated heterocycles. The summed E-state index contributed by atoms with van der Waals surface area (Å²) < 4.78 is 10.8. The Morgan fingerprint density at radius 1 is 1.21 bits per heavy atom. The summed E-state index contributed by atoms with van der Waals surface area (Å²) in [7, 11) is 1.62. The van der Waals surface area contributed by atoms with E-state index >= 15 is 0 Å². The summed E-state index contributed by atoms with van der Waals surface area (Å²) in [6.45, 7) is 2.39. The number of hydrogen-bond donors (Lipinski definition) is 1. The maximum Gasteiger partial charge on any atom is 0.336 e. The highest BCUT2D eigenvalue weighted by atomic mass is 16.5. The monoisotopic (exact) mass is 260 g/mol. The van der Waals surface area contributed by atoms with Gasteiger partial charge in [0.15, 0.2) is 0 Å². The van der Waals surface area contributed by atoms with Crippen molar-refractivity contribution < 1.29 is 19.4 Å². The van der Waals surface area contributed by atoms with E-state index < -0.39 is 5.97 Å². The fraction of sp³-hybridized carbons (Fsp3) is 0.267. The third-order valence-electron chi connectivity index (χ3n) is 2.84. The number of carboxylic acid groups (broad SMARTS) is 1. The van der Waals surface area contributed by atoms with Crippen molar-refractivity contribution in [3.05, 3.63) is 42.0 Å². The Bertz CT molecular complexity index is 592. The maximum absolute atomic E-state index is 11.2. The highest BCUT2D eigenvalue weighted by Gasteiger charge is 2.13. The number of aromatic carboxylic acids is 1. The van der Waals surface area contributed by atoms with E-state index in [1.54, 1.807) is 25.3 Å². The van der Waals surface area contributed by atoms with Gasteiger partial charge in [0.05, 0.1) is 12.2 Å². The van der Waals surface area contributed by atoms with E-state index in [1.165, 1.54) is 0 Å². The van der Waals surface area contributed by atoms with E-state index in [0.717, 1.165) is 5.39 Å². The molecule has 2 rings (SSSR count). The molecule has 4 nitrogen and oxygen atoms in total. The Morgan fingerprint density at radius 2 is 1.89 bits per heavy atom. The minimum Gasteiger partial charge on any atom is -0.488 e. The van der Waals surface area contributed by atoms with E-state index in [9.17, 15) is 9.90 Å². The number of ether oxygens (including phenoxy) is 2. The number of rotatable bonds is 5. The highest BCUT2D eigenvalue weighted by molar-refractivity contribution is 6.05. The fourth-order valence-corrected chi connectivity index (χ4v) is 2.05. The molecule has 0 aromatic heterocycles. The van der Waals surface area contributed by atoms with Gasteiger partial charge in [-0.15, -0.1) is 0 Å². The molecule has 19 heavy (non-hydrogen) atoms. The lowest BCUT2D eigenvalue weighted by atomic mass is 10.0. The van der Waals surface area contributed by atoms with Crippen molar-refractivity contribution >= 4 is 16.7 Å². The summed E-state index contributed by atoms with van der Waals surface area (Å²) in [5.74, 6) is -0.266. The van der Waals surface area contributed by atoms with Crippen LogP contribution in [0.2, 0.25) is 0 Å². The lowest BCUT2D eigenvalue weighted by molar-refractivity contribution is 0.0699. The molecule has 4 heteroatoms. The van der Waals surface area contributed by atoms with Crippen LogP contribution in [0.4, 0.5) is 0 Å². The first-order chi connectivity index (χ1) is 9.13. The number of carbonyl (C=O) groups is 1. The predicted octanol–water partition coefficient (Wildman–Crippen LogP) is 2.95. The predicted molar refractivity (Wildman–Crippen MR) is 72.9 cm³/mol. The Hall–Kier alpha value is -2.07. The van der Waals surface area contributed by atoms with Crippen molar-refractivity contribution in [2.24, 2.45) is 0 Å². The van der Waals surface area contributed by atoms with Crippen LogP contribution < -0.4 is 4.74 Å². The molecule has 1 atom stereocenters. The second-order valence-electron chi connectivity index (χ2n) is 4.35. The fourth-order valence-electron chi connectivity index (χ4n) is 2.05. The lowest BCUT2D eigenvalue weighted by Gasteiger charge is -2.16. The van der Waals surface area contributed by atoms with Crippen molar-refractivity contribution in [3.8, 4) is 5.75 Å². The third-order valence-corrected chi connectivity index (χ3v) is 2.84. The summed E-state index contributed by atoms with van der Waals surface area (Å²) in [6, 6.07) is 10.6. The standard InChI is InChI=1S/C15H16O4/c1-10(9-18-2)19-14-8-7-13(15(16)17)11-5-3-4-6-12(11)14/h3-8,10H,9H2,1-2H3,(H,16,17). The first kappa shape index (κ1) is 13.4. The zero-order valence-electron chi connectivity index (χ0n) is 10.9. The molecule has 0 aliphatic rings. The van der Waals surface area contributed by atoms with Crippen LogP contribution >= 0.6 is 0 Å². The van der Waals surface area contributed by atoms with Gasteiger partial charge in [0.1, 0.15) is 11.9 Å². The van der Waals surface area contributed by atoms with Gasteiger partial charge >= 0.3 is 5.97 Å². The molecule has 0 aliphatic carbocycles.